The third kappa shape index (κ3) is 7.65. The molecule has 0 atom stereocenters. The molecule has 0 aromatic heterocycles. The maximum absolute atomic E-state index is 12.5. The summed E-state index contributed by atoms with van der Waals surface area (Å²) in [4.78, 5) is 18.7. The first-order chi connectivity index (χ1) is 12.4. The molecule has 27 heavy (non-hydrogen) atoms. The molecule has 0 saturated carbocycles. The zero-order valence-electron chi connectivity index (χ0n) is 16.9. The maximum atomic E-state index is 12.5. The Labute approximate surface area is 180 Å². The Hall–Kier alpha value is -1.35. The van der Waals surface area contributed by atoms with Gasteiger partial charge in [0.2, 0.25) is 0 Å². The lowest BCUT2D eigenvalue weighted by Crippen LogP contribution is -2.45. The average Bonchev–Trinajstić information content (AvgIpc) is 2.68. The molecule has 1 aliphatic rings. The quantitative estimate of drug-likeness (QED) is 0.367. The molecule has 0 unspecified atom stereocenters. The molecular formula is C20H33IN4O2. The highest BCUT2D eigenvalue weighted by Gasteiger charge is 2.18. The number of nitrogens with one attached hydrogen (secondary N) is 2. The van der Waals surface area contributed by atoms with Gasteiger partial charge in [-0.2, -0.15) is 0 Å². The number of piperidine rings is 1. The molecule has 1 fully saturated rings. The fourth-order valence-corrected chi connectivity index (χ4v) is 2.82. The van der Waals surface area contributed by atoms with Crippen LogP contribution in [0.15, 0.2) is 29.3 Å². The van der Waals surface area contributed by atoms with E-state index in [-0.39, 0.29) is 35.5 Å². The van der Waals surface area contributed by atoms with Crippen molar-refractivity contribution in [3.63, 3.8) is 0 Å². The van der Waals surface area contributed by atoms with Crippen LogP contribution in [0.2, 0.25) is 0 Å². The molecule has 6 nitrogen and oxygen atoms in total. The van der Waals surface area contributed by atoms with Crippen LogP contribution in [-0.4, -0.2) is 56.2 Å². The van der Waals surface area contributed by atoms with E-state index in [0.29, 0.717) is 13.1 Å². The number of methoxy groups -OCH3 is 1. The summed E-state index contributed by atoms with van der Waals surface area (Å²) in [5, 5.41) is 6.54. The fourth-order valence-electron chi connectivity index (χ4n) is 2.82. The highest BCUT2D eigenvalue weighted by molar-refractivity contribution is 14.0. The Morgan fingerprint density at radius 2 is 1.78 bits per heavy atom. The minimum atomic E-state index is -0.256. The number of carbonyl (C=O) groups excluding carboxylic acids is 1. The number of ether oxygens (including phenoxy) is 1. The third-order valence-corrected chi connectivity index (χ3v) is 4.76. The first-order valence-corrected chi connectivity index (χ1v) is 9.33. The summed E-state index contributed by atoms with van der Waals surface area (Å²) in [5.41, 5.74) is 1.61. The average molecular weight is 488 g/mol. The van der Waals surface area contributed by atoms with E-state index in [2.05, 4.69) is 15.6 Å². The number of hydrogen-bond acceptors (Lipinski definition) is 3. The standard InChI is InChI=1S/C20H32N4O2.HI/c1-20(2,26-4)15-23-19(21-3)22-14-16-8-10-17(11-9-16)18(25)24-12-6-5-7-13-24;/h8-11H,5-7,12-15H2,1-4H3,(H2,21,22,23);1H. The lowest BCUT2D eigenvalue weighted by molar-refractivity contribution is 0.0268. The number of likely N-dealkylation sites (tertiary alicyclic amines) is 1. The van der Waals surface area contributed by atoms with Crippen molar-refractivity contribution in [1.82, 2.24) is 15.5 Å². The number of guanidine groups is 1. The van der Waals surface area contributed by atoms with E-state index in [0.717, 1.165) is 43.0 Å². The van der Waals surface area contributed by atoms with Gasteiger partial charge in [-0.15, -0.1) is 24.0 Å². The largest absolute Gasteiger partial charge is 0.377 e. The predicted octanol–water partition coefficient (Wildman–Crippen LogP) is 3.02. The topological polar surface area (TPSA) is 66.0 Å². The molecule has 0 aliphatic carbocycles. The molecule has 0 spiro atoms. The van der Waals surface area contributed by atoms with Gasteiger partial charge in [0, 0.05) is 45.9 Å². The van der Waals surface area contributed by atoms with Gasteiger partial charge in [-0.3, -0.25) is 9.79 Å². The van der Waals surface area contributed by atoms with Gasteiger partial charge in [0.25, 0.3) is 5.91 Å². The third-order valence-electron chi connectivity index (χ3n) is 4.76. The Morgan fingerprint density at radius 1 is 1.15 bits per heavy atom. The second kappa shape index (κ2) is 11.5. The summed E-state index contributed by atoms with van der Waals surface area (Å²) in [6.45, 7) is 7.10. The van der Waals surface area contributed by atoms with E-state index in [1.165, 1.54) is 6.42 Å². The van der Waals surface area contributed by atoms with Crippen molar-refractivity contribution in [3.05, 3.63) is 35.4 Å². The van der Waals surface area contributed by atoms with Gasteiger partial charge in [-0.1, -0.05) is 12.1 Å². The Balaban J connectivity index is 0.00000364. The van der Waals surface area contributed by atoms with Crippen molar-refractivity contribution in [1.29, 1.82) is 0 Å². The molecule has 1 aliphatic heterocycles. The van der Waals surface area contributed by atoms with E-state index in [9.17, 15) is 4.79 Å². The second-order valence-electron chi connectivity index (χ2n) is 7.29. The molecule has 152 valence electrons. The van der Waals surface area contributed by atoms with Gasteiger partial charge in [0.1, 0.15) is 0 Å². The lowest BCUT2D eigenvalue weighted by atomic mass is 10.1. The van der Waals surface area contributed by atoms with Crippen LogP contribution in [0, 0.1) is 0 Å². The highest BCUT2D eigenvalue weighted by Crippen LogP contribution is 2.14. The molecule has 1 saturated heterocycles. The first-order valence-electron chi connectivity index (χ1n) is 9.33. The highest BCUT2D eigenvalue weighted by atomic mass is 127. The minimum Gasteiger partial charge on any atom is -0.377 e. The van der Waals surface area contributed by atoms with Crippen molar-refractivity contribution < 1.29 is 9.53 Å². The number of amides is 1. The van der Waals surface area contributed by atoms with Gasteiger partial charge in [0.15, 0.2) is 5.96 Å². The van der Waals surface area contributed by atoms with E-state index in [4.69, 9.17) is 4.74 Å². The van der Waals surface area contributed by atoms with Crippen LogP contribution in [-0.2, 0) is 11.3 Å². The number of hydrogen-bond donors (Lipinski definition) is 2. The van der Waals surface area contributed by atoms with Crippen LogP contribution in [0.1, 0.15) is 49.0 Å². The predicted molar refractivity (Wildman–Crippen MR) is 121 cm³/mol. The van der Waals surface area contributed by atoms with Crippen molar-refractivity contribution in [3.8, 4) is 0 Å². The Morgan fingerprint density at radius 3 is 2.33 bits per heavy atom. The van der Waals surface area contributed by atoms with E-state index >= 15 is 0 Å². The van der Waals surface area contributed by atoms with Gasteiger partial charge in [-0.25, -0.2) is 0 Å². The smallest absolute Gasteiger partial charge is 0.253 e. The summed E-state index contributed by atoms with van der Waals surface area (Å²) in [6, 6.07) is 7.82. The van der Waals surface area contributed by atoms with Gasteiger partial charge >= 0.3 is 0 Å². The van der Waals surface area contributed by atoms with Gasteiger partial charge in [0.05, 0.1) is 5.60 Å². The maximum Gasteiger partial charge on any atom is 0.253 e. The zero-order valence-corrected chi connectivity index (χ0v) is 19.2. The number of benzene rings is 1. The molecule has 7 heteroatoms. The van der Waals surface area contributed by atoms with Crippen LogP contribution >= 0.6 is 24.0 Å². The fraction of sp³-hybridized carbons (Fsp3) is 0.600. The Bertz CT molecular complexity index is 611. The molecule has 2 N–H and O–H groups in total. The number of rotatable bonds is 6. The molecule has 1 amide bonds. The molecular weight excluding hydrogens is 455 g/mol. The minimum absolute atomic E-state index is 0. The molecule has 1 aromatic rings. The van der Waals surface area contributed by atoms with Gasteiger partial charge < -0.3 is 20.3 Å². The van der Waals surface area contributed by atoms with Crippen LogP contribution in [0.25, 0.3) is 0 Å². The van der Waals surface area contributed by atoms with E-state index < -0.39 is 0 Å². The number of aliphatic imine (C=N–C) groups is 1. The molecule has 1 aromatic carbocycles. The monoisotopic (exact) mass is 488 g/mol. The van der Waals surface area contributed by atoms with Crippen molar-refractivity contribution in [2.24, 2.45) is 4.99 Å². The molecule has 1 heterocycles. The summed E-state index contributed by atoms with van der Waals surface area (Å²) in [7, 11) is 3.44. The second-order valence-corrected chi connectivity index (χ2v) is 7.29. The summed E-state index contributed by atoms with van der Waals surface area (Å²) < 4.78 is 5.40. The molecule has 0 radical (unpaired) electrons. The number of carbonyl (C=O) groups is 1. The Kier molecular flexibility index (Phi) is 10.1. The SMILES string of the molecule is CN=C(NCc1ccc(C(=O)N2CCCCC2)cc1)NCC(C)(C)OC.I. The van der Waals surface area contributed by atoms with E-state index in [1.54, 1.807) is 14.2 Å². The van der Waals surface area contributed by atoms with Crippen molar-refractivity contribution in [2.75, 3.05) is 33.8 Å². The zero-order chi connectivity index (χ0) is 19.0. The van der Waals surface area contributed by atoms with Crippen LogP contribution in [0.4, 0.5) is 0 Å². The number of nitrogens with zero attached hydrogens (tertiary/aromatic N) is 2. The van der Waals surface area contributed by atoms with Crippen molar-refractivity contribution >= 4 is 35.8 Å². The molecule has 2 rings (SSSR count). The van der Waals surface area contributed by atoms with Crippen LogP contribution in [0.3, 0.4) is 0 Å². The lowest BCUT2D eigenvalue weighted by Gasteiger charge is -2.26. The summed E-state index contributed by atoms with van der Waals surface area (Å²) in [6.07, 6.45) is 3.45. The van der Waals surface area contributed by atoms with Crippen LogP contribution < -0.4 is 10.6 Å². The van der Waals surface area contributed by atoms with E-state index in [1.807, 2.05) is 43.0 Å². The van der Waals surface area contributed by atoms with Crippen LogP contribution in [0.5, 0.6) is 0 Å². The number of halogens is 1. The summed E-state index contributed by atoms with van der Waals surface area (Å²) in [5.74, 6) is 0.868. The molecule has 0 bridgehead atoms. The van der Waals surface area contributed by atoms with Gasteiger partial charge in [-0.05, 0) is 50.8 Å². The first kappa shape index (κ1) is 23.7. The normalized spacial score (nSPS) is 15.1. The van der Waals surface area contributed by atoms with Crippen molar-refractivity contribution in [2.45, 2.75) is 45.3 Å². The summed E-state index contributed by atoms with van der Waals surface area (Å²) >= 11 is 0.